The number of pyridine rings is 1. The molecule has 1 saturated heterocycles. The molecule has 3 nitrogen and oxygen atoms in total. The molecule has 24 heavy (non-hydrogen) atoms. The third-order valence-electron chi connectivity index (χ3n) is 5.85. The molecule has 2 atom stereocenters. The van der Waals surface area contributed by atoms with Crippen LogP contribution in [-0.4, -0.2) is 24.7 Å². The molecule has 2 aromatic rings. The third-order valence-corrected chi connectivity index (χ3v) is 5.85. The Kier molecular flexibility index (Phi) is 3.35. The average Bonchev–Trinajstić information content (AvgIpc) is 2.74. The molecule has 2 unspecified atom stereocenters. The van der Waals surface area contributed by atoms with Gasteiger partial charge >= 0.3 is 0 Å². The minimum Gasteiger partial charge on any atom is -0.497 e. The lowest BCUT2D eigenvalue weighted by Gasteiger charge is -2.39. The number of aryl methyl sites for hydroxylation is 1. The number of methoxy groups -OCH3 is 1. The lowest BCUT2D eigenvalue weighted by Crippen LogP contribution is -2.34. The van der Waals surface area contributed by atoms with Gasteiger partial charge in [0.2, 0.25) is 0 Å². The standard InChI is InChI=1S/C21H28N2O/c1-14-8-19(17-9-16(24-5)6-7-18(17)22-14)23-13-21(4)11-15(23)10-20(2,3)12-21/h6-9,15H,10-13H2,1-5H3. The number of rotatable bonds is 2. The van der Waals surface area contributed by atoms with Gasteiger partial charge < -0.3 is 9.64 Å². The van der Waals surface area contributed by atoms with Crippen molar-refractivity contribution < 1.29 is 4.74 Å². The van der Waals surface area contributed by atoms with E-state index in [1.54, 1.807) is 7.11 Å². The van der Waals surface area contributed by atoms with Gasteiger partial charge in [0.1, 0.15) is 5.75 Å². The van der Waals surface area contributed by atoms with Crippen LogP contribution in [0.3, 0.4) is 0 Å². The summed E-state index contributed by atoms with van der Waals surface area (Å²) < 4.78 is 5.46. The van der Waals surface area contributed by atoms with Crippen LogP contribution in [0.4, 0.5) is 5.69 Å². The van der Waals surface area contributed by atoms with Gasteiger partial charge in [-0.05, 0) is 61.3 Å². The van der Waals surface area contributed by atoms with Gasteiger partial charge in [-0.1, -0.05) is 20.8 Å². The molecule has 0 amide bonds. The molecule has 2 fully saturated rings. The SMILES string of the molecule is COc1ccc2nc(C)cc(N3CC4(C)CC3CC(C)(C)C4)c2c1. The van der Waals surface area contributed by atoms with E-state index in [1.807, 2.05) is 6.07 Å². The first kappa shape index (κ1) is 15.7. The zero-order valence-electron chi connectivity index (χ0n) is 15.5. The Morgan fingerprint density at radius 3 is 2.71 bits per heavy atom. The van der Waals surface area contributed by atoms with Crippen LogP contribution in [0, 0.1) is 17.8 Å². The number of hydrogen-bond acceptors (Lipinski definition) is 3. The normalized spacial score (nSPS) is 28.4. The second-order valence-corrected chi connectivity index (χ2v) is 9.01. The van der Waals surface area contributed by atoms with Crippen molar-refractivity contribution in [2.45, 2.75) is 53.0 Å². The van der Waals surface area contributed by atoms with Crippen LogP contribution < -0.4 is 9.64 Å². The van der Waals surface area contributed by atoms with Crippen LogP contribution >= 0.6 is 0 Å². The van der Waals surface area contributed by atoms with Crippen LogP contribution in [0.25, 0.3) is 10.9 Å². The van der Waals surface area contributed by atoms with Gasteiger partial charge in [0.15, 0.2) is 0 Å². The molecule has 128 valence electrons. The monoisotopic (exact) mass is 324 g/mol. The zero-order chi connectivity index (χ0) is 17.1. The average molecular weight is 324 g/mol. The predicted molar refractivity (Wildman–Crippen MR) is 99.9 cm³/mol. The minimum atomic E-state index is 0.425. The molecule has 1 aliphatic heterocycles. The smallest absolute Gasteiger partial charge is 0.119 e. The fourth-order valence-electron chi connectivity index (χ4n) is 5.42. The number of fused-ring (bicyclic) bond motifs is 3. The summed E-state index contributed by atoms with van der Waals surface area (Å²) in [6, 6.07) is 9.13. The van der Waals surface area contributed by atoms with E-state index in [9.17, 15) is 0 Å². The van der Waals surface area contributed by atoms with Gasteiger partial charge in [-0.3, -0.25) is 4.98 Å². The van der Waals surface area contributed by atoms with E-state index in [0.717, 1.165) is 23.5 Å². The number of hydrogen-bond donors (Lipinski definition) is 0. The summed E-state index contributed by atoms with van der Waals surface area (Å²) in [5, 5.41) is 1.22. The quantitative estimate of drug-likeness (QED) is 0.781. The summed E-state index contributed by atoms with van der Waals surface area (Å²) in [5.74, 6) is 0.906. The zero-order valence-corrected chi connectivity index (χ0v) is 15.5. The summed E-state index contributed by atoms with van der Waals surface area (Å²) in [6.07, 6.45) is 3.90. The second-order valence-electron chi connectivity index (χ2n) is 9.01. The Labute approximate surface area is 145 Å². The van der Waals surface area contributed by atoms with Crippen LogP contribution in [0.5, 0.6) is 5.75 Å². The summed E-state index contributed by atoms with van der Waals surface area (Å²) in [7, 11) is 1.73. The summed E-state index contributed by atoms with van der Waals surface area (Å²) in [5.41, 5.74) is 4.35. The molecule has 1 saturated carbocycles. The highest BCUT2D eigenvalue weighted by atomic mass is 16.5. The van der Waals surface area contributed by atoms with E-state index in [0.29, 0.717) is 16.9 Å². The highest BCUT2D eigenvalue weighted by Crippen LogP contribution is 2.54. The largest absolute Gasteiger partial charge is 0.497 e. The summed E-state index contributed by atoms with van der Waals surface area (Å²) in [4.78, 5) is 7.39. The maximum absolute atomic E-state index is 5.46. The van der Waals surface area contributed by atoms with E-state index >= 15 is 0 Å². The molecular weight excluding hydrogens is 296 g/mol. The molecule has 1 aromatic heterocycles. The lowest BCUT2D eigenvalue weighted by molar-refractivity contribution is 0.136. The summed E-state index contributed by atoms with van der Waals surface area (Å²) in [6.45, 7) is 10.6. The highest BCUT2D eigenvalue weighted by Gasteiger charge is 2.49. The first-order valence-electron chi connectivity index (χ1n) is 9.01. The van der Waals surface area contributed by atoms with E-state index in [2.05, 4.69) is 50.8 Å². The maximum atomic E-state index is 5.46. The molecule has 2 heterocycles. The Morgan fingerprint density at radius 2 is 1.96 bits per heavy atom. The topological polar surface area (TPSA) is 25.4 Å². The number of aromatic nitrogens is 1. The summed E-state index contributed by atoms with van der Waals surface area (Å²) >= 11 is 0. The first-order valence-corrected chi connectivity index (χ1v) is 9.01. The third kappa shape index (κ3) is 2.54. The Balaban J connectivity index is 1.84. The molecule has 2 aliphatic rings. The van der Waals surface area contributed by atoms with Gasteiger partial charge in [-0.2, -0.15) is 0 Å². The van der Waals surface area contributed by atoms with Gasteiger partial charge in [-0.15, -0.1) is 0 Å². The molecular formula is C21H28N2O. The number of benzene rings is 1. The fraction of sp³-hybridized carbons (Fsp3) is 0.571. The van der Waals surface area contributed by atoms with E-state index in [4.69, 9.17) is 9.72 Å². The molecule has 0 N–H and O–H groups in total. The van der Waals surface area contributed by atoms with Gasteiger partial charge in [0, 0.05) is 29.4 Å². The number of nitrogens with zero attached hydrogens (tertiary/aromatic N) is 2. The Bertz CT molecular complexity index is 798. The molecule has 1 aliphatic carbocycles. The van der Waals surface area contributed by atoms with Crippen LogP contribution in [-0.2, 0) is 0 Å². The van der Waals surface area contributed by atoms with Crippen molar-refractivity contribution >= 4 is 16.6 Å². The van der Waals surface area contributed by atoms with E-state index < -0.39 is 0 Å². The van der Waals surface area contributed by atoms with Crippen molar-refractivity contribution in [1.29, 1.82) is 0 Å². The highest BCUT2D eigenvalue weighted by molar-refractivity contribution is 5.93. The van der Waals surface area contributed by atoms with Crippen molar-refractivity contribution in [3.05, 3.63) is 30.0 Å². The fourth-order valence-corrected chi connectivity index (χ4v) is 5.42. The molecule has 2 bridgehead atoms. The number of ether oxygens (including phenoxy) is 1. The van der Waals surface area contributed by atoms with Crippen molar-refractivity contribution in [3.63, 3.8) is 0 Å². The minimum absolute atomic E-state index is 0.425. The molecule has 4 rings (SSSR count). The second kappa shape index (κ2) is 5.11. The van der Waals surface area contributed by atoms with Crippen molar-refractivity contribution in [1.82, 2.24) is 4.98 Å². The van der Waals surface area contributed by atoms with Crippen molar-refractivity contribution in [2.75, 3.05) is 18.6 Å². The van der Waals surface area contributed by atoms with Crippen LogP contribution in [0.1, 0.15) is 45.7 Å². The van der Waals surface area contributed by atoms with Crippen LogP contribution in [0.15, 0.2) is 24.3 Å². The predicted octanol–water partition coefficient (Wildman–Crippen LogP) is 4.96. The van der Waals surface area contributed by atoms with Crippen molar-refractivity contribution in [2.24, 2.45) is 10.8 Å². The number of anilines is 1. The van der Waals surface area contributed by atoms with Gasteiger partial charge in [0.25, 0.3) is 0 Å². The first-order chi connectivity index (χ1) is 11.3. The van der Waals surface area contributed by atoms with Gasteiger partial charge in [-0.25, -0.2) is 0 Å². The Hall–Kier alpha value is -1.77. The van der Waals surface area contributed by atoms with Crippen LogP contribution in [0.2, 0.25) is 0 Å². The molecule has 0 radical (unpaired) electrons. The maximum Gasteiger partial charge on any atom is 0.119 e. The van der Waals surface area contributed by atoms with E-state index in [-0.39, 0.29) is 0 Å². The lowest BCUT2D eigenvalue weighted by atomic mass is 9.65. The van der Waals surface area contributed by atoms with E-state index in [1.165, 1.54) is 30.3 Å². The molecule has 3 heteroatoms. The molecule has 1 aromatic carbocycles. The van der Waals surface area contributed by atoms with Crippen molar-refractivity contribution in [3.8, 4) is 5.75 Å². The Morgan fingerprint density at radius 1 is 1.17 bits per heavy atom. The molecule has 0 spiro atoms. The van der Waals surface area contributed by atoms with Gasteiger partial charge in [0.05, 0.1) is 12.6 Å².